The minimum atomic E-state index is -4.47. The Bertz CT molecular complexity index is 663. The largest absolute Gasteiger partial charge is 0.496 e. The first-order chi connectivity index (χ1) is 12.8. The van der Waals surface area contributed by atoms with Crippen LogP contribution >= 0.6 is 11.8 Å². The fourth-order valence-electron chi connectivity index (χ4n) is 4.07. The van der Waals surface area contributed by atoms with Crippen molar-refractivity contribution in [3.05, 3.63) is 23.3 Å². The second-order valence-electron chi connectivity index (χ2n) is 7.47. The number of nitrogens with one attached hydrogen (secondary N) is 1. The van der Waals surface area contributed by atoms with E-state index in [1.165, 1.54) is 26.4 Å². The molecule has 2 fully saturated rings. The lowest BCUT2D eigenvalue weighted by Gasteiger charge is -2.32. The summed E-state index contributed by atoms with van der Waals surface area (Å²) in [6, 6.07) is 2.88. The molecular weight excluding hydrogens is 375 g/mol. The molecule has 0 unspecified atom stereocenters. The highest BCUT2D eigenvalue weighted by Crippen LogP contribution is 2.40. The summed E-state index contributed by atoms with van der Waals surface area (Å²) in [6.07, 6.45) is 4.34. The fraction of sp³-hybridized carbons (Fsp3) is 0.650. The number of Topliss-reactive ketones (excluding diaryl/α,β-unsaturated/α-hetero) is 1. The minimum absolute atomic E-state index is 0.0145. The van der Waals surface area contributed by atoms with Gasteiger partial charge in [-0.2, -0.15) is 13.2 Å². The van der Waals surface area contributed by atoms with Gasteiger partial charge in [-0.3, -0.25) is 4.79 Å². The van der Waals surface area contributed by atoms with Crippen LogP contribution in [0.3, 0.4) is 0 Å². The van der Waals surface area contributed by atoms with Crippen molar-refractivity contribution in [2.75, 3.05) is 13.4 Å². The van der Waals surface area contributed by atoms with Crippen LogP contribution in [-0.4, -0.2) is 31.2 Å². The normalized spacial score (nSPS) is 23.3. The topological polar surface area (TPSA) is 38.3 Å². The summed E-state index contributed by atoms with van der Waals surface area (Å²) in [7, 11) is 1.31. The Balaban J connectivity index is 1.80. The van der Waals surface area contributed by atoms with E-state index in [9.17, 15) is 18.0 Å². The Morgan fingerprint density at radius 2 is 1.93 bits per heavy atom. The number of ketones is 1. The summed E-state index contributed by atoms with van der Waals surface area (Å²) in [5.74, 6) is 0.123. The number of carbonyl (C=O) groups excluding carboxylic acids is 1. The van der Waals surface area contributed by atoms with E-state index in [4.69, 9.17) is 4.74 Å². The van der Waals surface area contributed by atoms with Crippen LogP contribution in [-0.2, 0) is 6.18 Å². The lowest BCUT2D eigenvalue weighted by molar-refractivity contribution is -0.137. The van der Waals surface area contributed by atoms with Crippen LogP contribution in [0.15, 0.2) is 17.0 Å². The maximum absolute atomic E-state index is 13.1. The van der Waals surface area contributed by atoms with Gasteiger partial charge in [-0.05, 0) is 50.0 Å². The number of halogens is 3. The van der Waals surface area contributed by atoms with Crippen molar-refractivity contribution in [2.45, 2.75) is 68.1 Å². The number of carbonyl (C=O) groups is 1. The first kappa shape index (κ1) is 20.5. The summed E-state index contributed by atoms with van der Waals surface area (Å²) in [6.45, 7) is 0. The second-order valence-corrected chi connectivity index (χ2v) is 8.32. The first-order valence-electron chi connectivity index (χ1n) is 9.46. The van der Waals surface area contributed by atoms with Gasteiger partial charge in [0.2, 0.25) is 0 Å². The van der Waals surface area contributed by atoms with E-state index in [1.807, 2.05) is 0 Å². The van der Waals surface area contributed by atoms with E-state index in [0.717, 1.165) is 43.2 Å². The van der Waals surface area contributed by atoms with Crippen molar-refractivity contribution in [1.29, 1.82) is 0 Å². The van der Waals surface area contributed by atoms with Crippen molar-refractivity contribution in [3.63, 3.8) is 0 Å². The molecule has 2 aliphatic rings. The third-order valence-corrected chi connectivity index (χ3v) is 6.54. The van der Waals surface area contributed by atoms with Gasteiger partial charge in [0.05, 0.1) is 18.2 Å². The molecule has 0 spiro atoms. The summed E-state index contributed by atoms with van der Waals surface area (Å²) in [4.78, 5) is 13.4. The Hall–Kier alpha value is -1.21. The van der Waals surface area contributed by atoms with Crippen molar-refractivity contribution in [2.24, 2.45) is 5.92 Å². The molecule has 1 N–H and O–H groups in total. The van der Waals surface area contributed by atoms with Gasteiger partial charge in [-0.1, -0.05) is 12.8 Å². The highest BCUT2D eigenvalue weighted by molar-refractivity contribution is 7.98. The summed E-state index contributed by atoms with van der Waals surface area (Å²) in [5.41, 5.74) is -0.502. The molecule has 3 rings (SSSR count). The molecular formula is C20H26F3NO2S. The van der Waals surface area contributed by atoms with E-state index in [1.54, 1.807) is 6.26 Å². The molecule has 150 valence electrons. The van der Waals surface area contributed by atoms with Gasteiger partial charge in [0.15, 0.2) is 5.78 Å². The number of methoxy groups -OCH3 is 1. The van der Waals surface area contributed by atoms with E-state index in [-0.39, 0.29) is 23.0 Å². The van der Waals surface area contributed by atoms with Crippen LogP contribution in [0.1, 0.15) is 60.9 Å². The first-order valence-corrected chi connectivity index (χ1v) is 10.7. The highest BCUT2D eigenvalue weighted by atomic mass is 32.2. The molecule has 0 aliphatic heterocycles. The molecule has 0 bridgehead atoms. The van der Waals surface area contributed by atoms with Crippen molar-refractivity contribution < 1.29 is 22.7 Å². The SMILES string of the molecule is COc1cc(C(F)(F)F)cc(SC)c1C(=O)C[C@@H]1CCC[C@@H]1NC1CCC1. The average Bonchev–Trinajstić information content (AvgIpc) is 3.02. The number of alkyl halides is 3. The van der Waals surface area contributed by atoms with Crippen LogP contribution in [0.5, 0.6) is 5.75 Å². The van der Waals surface area contributed by atoms with Gasteiger partial charge >= 0.3 is 6.18 Å². The van der Waals surface area contributed by atoms with Gasteiger partial charge in [-0.25, -0.2) is 0 Å². The molecule has 0 amide bonds. The predicted octanol–water partition coefficient (Wildman–Crippen LogP) is 5.32. The van der Waals surface area contributed by atoms with E-state index < -0.39 is 11.7 Å². The molecule has 1 aromatic carbocycles. The van der Waals surface area contributed by atoms with Crippen molar-refractivity contribution in [3.8, 4) is 5.75 Å². The van der Waals surface area contributed by atoms with Crippen LogP contribution in [0.2, 0.25) is 0 Å². The Morgan fingerprint density at radius 1 is 1.22 bits per heavy atom. The lowest BCUT2D eigenvalue weighted by atomic mass is 9.89. The quantitative estimate of drug-likeness (QED) is 0.496. The molecule has 0 aromatic heterocycles. The third kappa shape index (κ3) is 4.62. The van der Waals surface area contributed by atoms with Gasteiger partial charge in [0.1, 0.15) is 5.75 Å². The van der Waals surface area contributed by atoms with Gasteiger partial charge in [-0.15, -0.1) is 11.8 Å². The predicted molar refractivity (Wildman–Crippen MR) is 101 cm³/mol. The molecule has 0 saturated heterocycles. The molecule has 3 nitrogen and oxygen atoms in total. The molecule has 1 aromatic rings. The van der Waals surface area contributed by atoms with E-state index >= 15 is 0 Å². The molecule has 0 heterocycles. The molecule has 2 aliphatic carbocycles. The Labute approximate surface area is 162 Å². The number of rotatable bonds is 7. The molecule has 2 atom stereocenters. The average molecular weight is 401 g/mol. The smallest absolute Gasteiger partial charge is 0.416 e. The summed E-state index contributed by atoms with van der Waals surface area (Å²) < 4.78 is 44.6. The zero-order chi connectivity index (χ0) is 19.6. The lowest BCUT2D eigenvalue weighted by Crippen LogP contribution is -2.44. The van der Waals surface area contributed by atoms with Gasteiger partial charge in [0, 0.05) is 23.4 Å². The van der Waals surface area contributed by atoms with Gasteiger partial charge in [0.25, 0.3) is 0 Å². The molecule has 27 heavy (non-hydrogen) atoms. The summed E-state index contributed by atoms with van der Waals surface area (Å²) >= 11 is 1.15. The number of benzene rings is 1. The maximum Gasteiger partial charge on any atom is 0.416 e. The maximum atomic E-state index is 13.1. The minimum Gasteiger partial charge on any atom is -0.496 e. The fourth-order valence-corrected chi connectivity index (χ4v) is 4.73. The van der Waals surface area contributed by atoms with Crippen LogP contribution < -0.4 is 10.1 Å². The summed E-state index contributed by atoms with van der Waals surface area (Å²) in [5, 5.41) is 3.67. The Morgan fingerprint density at radius 3 is 2.48 bits per heavy atom. The third-order valence-electron chi connectivity index (χ3n) is 5.77. The van der Waals surface area contributed by atoms with E-state index in [0.29, 0.717) is 23.4 Å². The number of ether oxygens (including phenoxy) is 1. The van der Waals surface area contributed by atoms with Crippen LogP contribution in [0.25, 0.3) is 0 Å². The molecule has 0 radical (unpaired) electrons. The molecule has 2 saturated carbocycles. The Kier molecular flexibility index (Phi) is 6.41. The highest BCUT2D eigenvalue weighted by Gasteiger charge is 2.36. The van der Waals surface area contributed by atoms with Gasteiger partial charge < -0.3 is 10.1 Å². The van der Waals surface area contributed by atoms with Crippen LogP contribution in [0, 0.1) is 5.92 Å². The standard InChI is InChI=1S/C20H26F3NO2S/c1-26-17-10-13(20(21,22)23)11-18(27-2)19(17)16(25)9-12-5-3-8-15(12)24-14-6-4-7-14/h10-12,14-15,24H,3-9H2,1-2H3/t12-,15-/m0/s1. The van der Waals surface area contributed by atoms with E-state index in [2.05, 4.69) is 5.32 Å². The number of hydrogen-bond acceptors (Lipinski definition) is 4. The second kappa shape index (κ2) is 8.43. The number of thioether (sulfide) groups is 1. The number of hydrogen-bond donors (Lipinski definition) is 1. The monoisotopic (exact) mass is 401 g/mol. The zero-order valence-corrected chi connectivity index (χ0v) is 16.5. The van der Waals surface area contributed by atoms with Crippen molar-refractivity contribution >= 4 is 17.5 Å². The zero-order valence-electron chi connectivity index (χ0n) is 15.7. The van der Waals surface area contributed by atoms with Crippen molar-refractivity contribution in [1.82, 2.24) is 5.32 Å². The van der Waals surface area contributed by atoms with Crippen LogP contribution in [0.4, 0.5) is 13.2 Å². The molecule has 7 heteroatoms.